The van der Waals surface area contributed by atoms with E-state index >= 15 is 0 Å². The van der Waals surface area contributed by atoms with Gasteiger partial charge < -0.3 is 5.73 Å². The number of aromatic nitrogens is 2. The minimum atomic E-state index is 0. The maximum Gasteiger partial charge on any atom is 0.152 e. The van der Waals surface area contributed by atoms with Gasteiger partial charge in [0.25, 0.3) is 0 Å². The summed E-state index contributed by atoms with van der Waals surface area (Å²) in [6.45, 7) is 0. The van der Waals surface area contributed by atoms with Crippen molar-refractivity contribution in [2.45, 2.75) is 0 Å². The zero-order valence-corrected chi connectivity index (χ0v) is 9.69. The van der Waals surface area contributed by atoms with E-state index in [1.807, 2.05) is 22.7 Å². The lowest BCUT2D eigenvalue weighted by molar-refractivity contribution is 1.19. The molecular weight excluding hydrogens is 277 g/mol. The van der Waals surface area contributed by atoms with Gasteiger partial charge in [-0.15, -0.1) is 24.8 Å². The average Bonchev–Trinajstić information content (AvgIpc) is 2.35. The van der Waals surface area contributed by atoms with Crippen molar-refractivity contribution in [2.24, 2.45) is 0 Å². The number of fused-ring (bicyclic) bond motifs is 1. The number of nitrogens with two attached hydrogens (primary N) is 1. The quantitative estimate of drug-likeness (QED) is 0.808. The Labute approximate surface area is 96.3 Å². The van der Waals surface area contributed by atoms with Crippen molar-refractivity contribution in [2.75, 3.05) is 5.73 Å². The van der Waals surface area contributed by atoms with Gasteiger partial charge in [-0.05, 0) is 28.1 Å². The fourth-order valence-electron chi connectivity index (χ4n) is 0.995. The van der Waals surface area contributed by atoms with Crippen LogP contribution in [-0.4, -0.2) is 9.38 Å². The van der Waals surface area contributed by atoms with Crippen LogP contribution in [0.5, 0.6) is 0 Å². The summed E-state index contributed by atoms with van der Waals surface area (Å²) in [6.07, 6.45) is 3.52. The number of imidazole rings is 1. The van der Waals surface area contributed by atoms with Gasteiger partial charge in [0.15, 0.2) is 5.65 Å². The zero-order chi connectivity index (χ0) is 7.84. The number of halogens is 3. The van der Waals surface area contributed by atoms with Crippen LogP contribution in [0.2, 0.25) is 0 Å². The molecule has 0 saturated carbocycles. The Morgan fingerprint density at radius 2 is 2.08 bits per heavy atom. The second-order valence-electron chi connectivity index (χ2n) is 2.23. The number of nitrogen functional groups attached to an aromatic ring is 1. The van der Waals surface area contributed by atoms with Crippen molar-refractivity contribution in [1.82, 2.24) is 9.38 Å². The van der Waals surface area contributed by atoms with Crippen LogP contribution in [0, 0.1) is 0 Å². The van der Waals surface area contributed by atoms with Gasteiger partial charge in [-0.3, -0.25) is 4.40 Å². The van der Waals surface area contributed by atoms with Crippen LogP contribution < -0.4 is 5.73 Å². The van der Waals surface area contributed by atoms with Crippen molar-refractivity contribution < 1.29 is 0 Å². The highest BCUT2D eigenvalue weighted by Crippen LogP contribution is 2.17. The van der Waals surface area contributed by atoms with E-state index in [0.29, 0.717) is 5.82 Å². The number of hydrogen-bond donors (Lipinski definition) is 1. The van der Waals surface area contributed by atoms with E-state index in [-0.39, 0.29) is 24.8 Å². The van der Waals surface area contributed by atoms with E-state index in [1.165, 1.54) is 0 Å². The lowest BCUT2D eigenvalue weighted by atomic mass is 10.5. The third-order valence-corrected chi connectivity index (χ3v) is 2.14. The molecule has 0 amide bonds. The van der Waals surface area contributed by atoms with Gasteiger partial charge in [0.05, 0.1) is 10.7 Å². The molecule has 0 aliphatic heterocycles. The van der Waals surface area contributed by atoms with E-state index in [4.69, 9.17) is 5.73 Å². The molecule has 2 heterocycles. The molecule has 0 atom stereocenters. The monoisotopic (exact) mass is 283 g/mol. The van der Waals surface area contributed by atoms with Gasteiger partial charge in [0, 0.05) is 6.20 Å². The number of hydrogen-bond acceptors (Lipinski definition) is 2. The van der Waals surface area contributed by atoms with Crippen molar-refractivity contribution in [3.05, 3.63) is 29.0 Å². The lowest BCUT2D eigenvalue weighted by Gasteiger charge is -1.95. The smallest absolute Gasteiger partial charge is 0.152 e. The van der Waals surface area contributed by atoms with Crippen LogP contribution in [-0.2, 0) is 0 Å². The molecular formula is C7H8BrCl2N3. The number of pyridine rings is 1. The Balaban J connectivity index is 0.000000720. The number of nitrogens with zero attached hydrogens (tertiary/aromatic N) is 2. The molecule has 6 heteroatoms. The van der Waals surface area contributed by atoms with Crippen LogP contribution in [0.3, 0.4) is 0 Å². The highest BCUT2D eigenvalue weighted by atomic mass is 79.9. The summed E-state index contributed by atoms with van der Waals surface area (Å²) >= 11 is 3.37. The third-order valence-electron chi connectivity index (χ3n) is 1.52. The fourth-order valence-corrected chi connectivity index (χ4v) is 1.44. The Hall–Kier alpha value is -0.450. The molecule has 2 N–H and O–H groups in total. The summed E-state index contributed by atoms with van der Waals surface area (Å²) in [5.41, 5.74) is 6.48. The molecule has 2 aromatic heterocycles. The first-order valence-electron chi connectivity index (χ1n) is 3.16. The van der Waals surface area contributed by atoms with Crippen LogP contribution >= 0.6 is 40.7 Å². The maximum atomic E-state index is 5.62. The average molecular weight is 285 g/mol. The Morgan fingerprint density at radius 1 is 1.38 bits per heavy atom. The molecule has 0 fully saturated rings. The summed E-state index contributed by atoms with van der Waals surface area (Å²) in [5, 5.41) is 0. The largest absolute Gasteiger partial charge is 0.383 e. The summed E-state index contributed by atoms with van der Waals surface area (Å²) in [6, 6.07) is 3.84. The van der Waals surface area contributed by atoms with Gasteiger partial charge >= 0.3 is 0 Å². The maximum absolute atomic E-state index is 5.62. The van der Waals surface area contributed by atoms with E-state index in [2.05, 4.69) is 20.9 Å². The second-order valence-corrected chi connectivity index (χ2v) is 3.09. The first kappa shape index (κ1) is 12.6. The van der Waals surface area contributed by atoms with Crippen molar-refractivity contribution in [3.8, 4) is 0 Å². The molecule has 72 valence electrons. The van der Waals surface area contributed by atoms with Gasteiger partial charge in [0.1, 0.15) is 5.82 Å². The molecule has 0 bridgehead atoms. The van der Waals surface area contributed by atoms with Crippen molar-refractivity contribution in [3.63, 3.8) is 0 Å². The van der Waals surface area contributed by atoms with Crippen molar-refractivity contribution in [1.29, 1.82) is 0 Å². The molecule has 0 spiro atoms. The molecule has 2 aromatic rings. The molecule has 0 aromatic carbocycles. The van der Waals surface area contributed by atoms with Crippen LogP contribution in [0.25, 0.3) is 5.65 Å². The van der Waals surface area contributed by atoms with E-state index in [9.17, 15) is 0 Å². The normalized spacial score (nSPS) is 9.00. The standard InChI is InChI=1S/C7H6BrN3.2ClH/c8-5-2-1-3-11-6(9)4-10-7(5)11;;/h1-4H,9H2;2*1H. The summed E-state index contributed by atoms with van der Waals surface area (Å²) in [7, 11) is 0. The van der Waals surface area contributed by atoms with Gasteiger partial charge in [-0.2, -0.15) is 0 Å². The van der Waals surface area contributed by atoms with E-state index < -0.39 is 0 Å². The van der Waals surface area contributed by atoms with E-state index in [1.54, 1.807) is 6.20 Å². The van der Waals surface area contributed by atoms with Crippen molar-refractivity contribution >= 4 is 52.2 Å². The highest BCUT2D eigenvalue weighted by molar-refractivity contribution is 9.10. The Morgan fingerprint density at radius 3 is 2.69 bits per heavy atom. The summed E-state index contributed by atoms with van der Waals surface area (Å²) in [5.74, 6) is 0.654. The topological polar surface area (TPSA) is 43.3 Å². The number of rotatable bonds is 0. The summed E-state index contributed by atoms with van der Waals surface area (Å²) < 4.78 is 2.78. The zero-order valence-electron chi connectivity index (χ0n) is 6.48. The second kappa shape index (κ2) is 4.69. The molecule has 2 rings (SSSR count). The fraction of sp³-hybridized carbons (Fsp3) is 0. The van der Waals surface area contributed by atoms with Crippen LogP contribution in [0.4, 0.5) is 5.82 Å². The number of anilines is 1. The highest BCUT2D eigenvalue weighted by Gasteiger charge is 2.00. The molecule has 0 unspecified atom stereocenters. The van der Waals surface area contributed by atoms with E-state index in [0.717, 1.165) is 10.1 Å². The molecule has 0 aliphatic carbocycles. The molecule has 3 nitrogen and oxygen atoms in total. The first-order valence-corrected chi connectivity index (χ1v) is 3.95. The Kier molecular flexibility index (Phi) is 4.53. The Bertz CT molecular complexity index is 402. The predicted molar refractivity (Wildman–Crippen MR) is 61.8 cm³/mol. The molecule has 13 heavy (non-hydrogen) atoms. The van der Waals surface area contributed by atoms with Gasteiger partial charge in [-0.1, -0.05) is 0 Å². The third kappa shape index (κ3) is 2.07. The minimum Gasteiger partial charge on any atom is -0.383 e. The summed E-state index contributed by atoms with van der Waals surface area (Å²) in [4.78, 5) is 4.11. The van der Waals surface area contributed by atoms with Gasteiger partial charge in [0.2, 0.25) is 0 Å². The lowest BCUT2D eigenvalue weighted by Crippen LogP contribution is -1.91. The SMILES string of the molecule is Cl.Cl.Nc1cnc2c(Br)cccn12. The minimum absolute atomic E-state index is 0. The molecule has 0 aliphatic rings. The van der Waals surface area contributed by atoms with Gasteiger partial charge in [-0.25, -0.2) is 4.98 Å². The van der Waals surface area contributed by atoms with Crippen LogP contribution in [0.15, 0.2) is 29.0 Å². The molecule has 0 saturated heterocycles. The van der Waals surface area contributed by atoms with Crippen LogP contribution in [0.1, 0.15) is 0 Å². The first-order chi connectivity index (χ1) is 5.29. The molecule has 0 radical (unpaired) electrons. The predicted octanol–water partition coefficient (Wildman–Crippen LogP) is 2.52.